The van der Waals surface area contributed by atoms with E-state index in [4.69, 9.17) is 5.73 Å². The van der Waals surface area contributed by atoms with Crippen LogP contribution in [0.2, 0.25) is 0 Å². The predicted octanol–water partition coefficient (Wildman–Crippen LogP) is 1.38. The minimum Gasteiger partial charge on any atom is -0.330 e. The van der Waals surface area contributed by atoms with Crippen LogP contribution in [-0.2, 0) is 6.54 Å². The van der Waals surface area contributed by atoms with Crippen LogP contribution in [0.5, 0.6) is 0 Å². The topological polar surface area (TPSA) is 43.8 Å². The molecule has 76 valence electrons. The first-order valence-corrected chi connectivity index (χ1v) is 5.09. The van der Waals surface area contributed by atoms with E-state index < -0.39 is 0 Å². The number of nitrogens with zero attached hydrogens (tertiary/aromatic N) is 2. The maximum atomic E-state index is 5.38. The van der Waals surface area contributed by atoms with Gasteiger partial charge < -0.3 is 5.73 Å². The molecular formula is C11H17N3. The van der Waals surface area contributed by atoms with Gasteiger partial charge in [-0.2, -0.15) is 5.10 Å². The maximum Gasteiger partial charge on any atom is 0.111 e. The van der Waals surface area contributed by atoms with E-state index in [1.165, 1.54) is 0 Å². The molecule has 14 heavy (non-hydrogen) atoms. The van der Waals surface area contributed by atoms with E-state index >= 15 is 0 Å². The van der Waals surface area contributed by atoms with Crippen LogP contribution in [0.4, 0.5) is 0 Å². The summed E-state index contributed by atoms with van der Waals surface area (Å²) >= 11 is 0. The first-order chi connectivity index (χ1) is 6.88. The number of rotatable bonds is 4. The molecule has 0 atom stereocenters. The fraction of sp³-hybridized carbons (Fsp3) is 0.545. The normalized spacial score (nSPS) is 9.57. The Hall–Kier alpha value is -1.27. The predicted molar refractivity (Wildman–Crippen MR) is 57.7 cm³/mol. The number of nitrogens with two attached hydrogens (primary N) is 1. The highest BCUT2D eigenvalue weighted by molar-refractivity contribution is 5.26. The van der Waals surface area contributed by atoms with Crippen LogP contribution in [0, 0.1) is 11.8 Å². The Bertz CT molecular complexity index is 317. The van der Waals surface area contributed by atoms with Crippen molar-refractivity contribution in [1.82, 2.24) is 9.78 Å². The van der Waals surface area contributed by atoms with Crippen molar-refractivity contribution in [1.29, 1.82) is 0 Å². The molecule has 0 saturated heterocycles. The molecule has 0 amide bonds. The minimum atomic E-state index is 0.711. The third-order valence-corrected chi connectivity index (χ3v) is 1.87. The summed E-state index contributed by atoms with van der Waals surface area (Å²) in [6, 6.07) is 1.95. The van der Waals surface area contributed by atoms with Crippen molar-refractivity contribution in [3.05, 3.63) is 18.0 Å². The fourth-order valence-corrected chi connectivity index (χ4v) is 1.17. The highest BCUT2D eigenvalue weighted by atomic mass is 15.3. The second-order valence-corrected chi connectivity index (χ2v) is 3.13. The maximum absolute atomic E-state index is 5.38. The lowest BCUT2D eigenvalue weighted by Gasteiger charge is -1.98. The average molecular weight is 191 g/mol. The summed E-state index contributed by atoms with van der Waals surface area (Å²) in [5.41, 5.74) is 6.38. The molecule has 0 aliphatic heterocycles. The first-order valence-electron chi connectivity index (χ1n) is 5.09. The second-order valence-electron chi connectivity index (χ2n) is 3.13. The van der Waals surface area contributed by atoms with Crippen molar-refractivity contribution in [2.75, 3.05) is 6.54 Å². The number of hydrogen-bond acceptors (Lipinski definition) is 2. The zero-order valence-corrected chi connectivity index (χ0v) is 8.66. The Labute approximate surface area is 85.3 Å². The lowest BCUT2D eigenvalue weighted by Crippen LogP contribution is -2.01. The van der Waals surface area contributed by atoms with E-state index in [0.29, 0.717) is 6.54 Å². The summed E-state index contributed by atoms with van der Waals surface area (Å²) in [6.45, 7) is 3.78. The zero-order valence-electron chi connectivity index (χ0n) is 8.66. The minimum absolute atomic E-state index is 0.711. The van der Waals surface area contributed by atoms with E-state index in [-0.39, 0.29) is 0 Å². The van der Waals surface area contributed by atoms with Gasteiger partial charge in [0.15, 0.2) is 0 Å². The first kappa shape index (κ1) is 10.8. The summed E-state index contributed by atoms with van der Waals surface area (Å²) in [6.07, 6.45) is 4.71. The van der Waals surface area contributed by atoms with Gasteiger partial charge in [0, 0.05) is 13.0 Å². The van der Waals surface area contributed by atoms with Crippen LogP contribution < -0.4 is 5.73 Å². The smallest absolute Gasteiger partial charge is 0.111 e. The number of aryl methyl sites for hydroxylation is 1. The second kappa shape index (κ2) is 6.22. The molecule has 0 radical (unpaired) electrons. The molecular weight excluding hydrogens is 174 g/mol. The zero-order chi connectivity index (χ0) is 10.2. The van der Waals surface area contributed by atoms with E-state index in [1.54, 1.807) is 6.20 Å². The Balaban J connectivity index is 2.55. The van der Waals surface area contributed by atoms with Crippen molar-refractivity contribution in [3.8, 4) is 11.8 Å². The van der Waals surface area contributed by atoms with Crippen LogP contribution in [0.3, 0.4) is 0 Å². The molecule has 3 nitrogen and oxygen atoms in total. The van der Waals surface area contributed by atoms with E-state index in [1.807, 2.05) is 10.7 Å². The van der Waals surface area contributed by atoms with Gasteiger partial charge in [0.25, 0.3) is 0 Å². The third-order valence-electron chi connectivity index (χ3n) is 1.87. The van der Waals surface area contributed by atoms with Gasteiger partial charge in [0.05, 0.1) is 6.20 Å². The van der Waals surface area contributed by atoms with Crippen LogP contribution in [0.15, 0.2) is 12.3 Å². The van der Waals surface area contributed by atoms with Gasteiger partial charge in [-0.05, 0) is 31.4 Å². The molecule has 0 unspecified atom stereocenters. The molecule has 0 fully saturated rings. The molecule has 1 aromatic rings. The number of aromatic nitrogens is 2. The van der Waals surface area contributed by atoms with E-state index in [9.17, 15) is 0 Å². The van der Waals surface area contributed by atoms with Crippen LogP contribution in [-0.4, -0.2) is 16.3 Å². The SMILES string of the molecule is CCCn1nccc1C#CCCCN. The molecule has 1 rings (SSSR count). The van der Waals surface area contributed by atoms with Crippen LogP contribution >= 0.6 is 0 Å². The molecule has 0 aliphatic rings. The summed E-state index contributed by atoms with van der Waals surface area (Å²) in [4.78, 5) is 0. The van der Waals surface area contributed by atoms with Gasteiger partial charge >= 0.3 is 0 Å². The number of unbranched alkanes of at least 4 members (excludes halogenated alkanes) is 1. The van der Waals surface area contributed by atoms with E-state index in [0.717, 1.165) is 31.5 Å². The largest absolute Gasteiger partial charge is 0.330 e. The Morgan fingerprint density at radius 1 is 1.57 bits per heavy atom. The van der Waals surface area contributed by atoms with Gasteiger partial charge in [-0.15, -0.1) is 0 Å². The van der Waals surface area contributed by atoms with Gasteiger partial charge in [0.2, 0.25) is 0 Å². The lowest BCUT2D eigenvalue weighted by atomic mass is 10.3. The highest BCUT2D eigenvalue weighted by Crippen LogP contribution is 1.98. The van der Waals surface area contributed by atoms with E-state index in [2.05, 4.69) is 23.9 Å². The molecule has 1 heterocycles. The molecule has 2 N–H and O–H groups in total. The summed E-state index contributed by atoms with van der Waals surface area (Å²) < 4.78 is 1.94. The summed E-state index contributed by atoms with van der Waals surface area (Å²) in [5, 5.41) is 4.19. The molecule has 0 spiro atoms. The van der Waals surface area contributed by atoms with Gasteiger partial charge in [-0.1, -0.05) is 12.8 Å². The molecule has 0 aliphatic carbocycles. The molecule has 0 saturated carbocycles. The highest BCUT2D eigenvalue weighted by Gasteiger charge is 1.95. The average Bonchev–Trinajstić information content (AvgIpc) is 2.61. The Kier molecular flexibility index (Phi) is 4.81. The molecule has 0 bridgehead atoms. The van der Waals surface area contributed by atoms with Gasteiger partial charge in [0.1, 0.15) is 5.69 Å². The van der Waals surface area contributed by atoms with Crippen molar-refractivity contribution in [2.45, 2.75) is 32.7 Å². The molecule has 3 heteroatoms. The van der Waals surface area contributed by atoms with Gasteiger partial charge in [-0.3, -0.25) is 4.68 Å². The van der Waals surface area contributed by atoms with Crippen molar-refractivity contribution in [2.24, 2.45) is 5.73 Å². The third kappa shape index (κ3) is 3.23. The molecule has 0 aromatic carbocycles. The van der Waals surface area contributed by atoms with Crippen LogP contribution in [0.1, 0.15) is 31.9 Å². The fourth-order valence-electron chi connectivity index (χ4n) is 1.17. The van der Waals surface area contributed by atoms with Crippen molar-refractivity contribution < 1.29 is 0 Å². The Morgan fingerprint density at radius 2 is 2.43 bits per heavy atom. The van der Waals surface area contributed by atoms with Gasteiger partial charge in [-0.25, -0.2) is 0 Å². The molecule has 1 aromatic heterocycles. The monoisotopic (exact) mass is 191 g/mol. The Morgan fingerprint density at radius 3 is 3.14 bits per heavy atom. The lowest BCUT2D eigenvalue weighted by molar-refractivity contribution is 0.597. The standard InChI is InChI=1S/C11H17N3/c1-2-10-14-11(7-9-13-14)6-4-3-5-8-12/h7,9H,2-3,5,8,10,12H2,1H3. The summed E-state index contributed by atoms with van der Waals surface area (Å²) in [5.74, 6) is 6.20. The van der Waals surface area contributed by atoms with Crippen molar-refractivity contribution in [3.63, 3.8) is 0 Å². The summed E-state index contributed by atoms with van der Waals surface area (Å²) in [7, 11) is 0. The van der Waals surface area contributed by atoms with Crippen LogP contribution in [0.25, 0.3) is 0 Å². The number of hydrogen-bond donors (Lipinski definition) is 1. The van der Waals surface area contributed by atoms with Crippen molar-refractivity contribution >= 4 is 0 Å². The quantitative estimate of drug-likeness (QED) is 0.577.